The van der Waals surface area contributed by atoms with Crippen LogP contribution in [-0.4, -0.2) is 46.9 Å². The van der Waals surface area contributed by atoms with E-state index in [1.807, 2.05) is 30.4 Å². The first-order chi connectivity index (χ1) is 29.5. The maximum absolute atomic E-state index is 13.2. The van der Waals surface area contributed by atoms with E-state index in [4.69, 9.17) is 4.74 Å². The average molecular weight is 840 g/mol. The summed E-state index contributed by atoms with van der Waals surface area (Å²) < 4.78 is 5.88. The van der Waals surface area contributed by atoms with Crippen molar-refractivity contribution in [1.29, 1.82) is 0 Å². The second-order valence-electron chi connectivity index (χ2n) is 17.3. The first-order valence-electron chi connectivity index (χ1n) is 25.6. The Balaban J connectivity index is 4.55. The Bertz CT molecular complexity index is 1080. The number of aliphatic hydroxyl groups is 2. The SMILES string of the molecule is CC/C=C/C=C/C=C\C=C/CCCCCC(=O)OC(CCC/C=C\CCCCCCCC)CC(=O)NC(CO)C(O)CCCCCCCCCCCCCCCCCCC. The molecule has 348 valence electrons. The molecule has 3 N–H and O–H groups in total. The predicted octanol–water partition coefficient (Wildman–Crippen LogP) is 15.2. The summed E-state index contributed by atoms with van der Waals surface area (Å²) in [4.78, 5) is 26.0. The topological polar surface area (TPSA) is 95.9 Å². The molecule has 0 aromatic rings. The fourth-order valence-electron chi connectivity index (χ4n) is 7.56. The first-order valence-corrected chi connectivity index (χ1v) is 25.6. The standard InChI is InChI=1S/C54H97NO5/c1-4-7-10-13-16-19-22-24-25-26-27-29-31-34-37-40-43-46-52(57)51(49-56)55-53(58)48-50(45-42-39-36-33-30-21-18-15-12-9-6-3)60-54(59)47-44-41-38-35-32-28-23-20-17-14-11-8-5-2/h8,11,14,17,20,23,28,32-33,36,50-52,56-57H,4-7,9-10,12-13,15-16,18-19,21-22,24-27,29-31,34-35,37-49H2,1-3H3,(H,55,58)/b11-8+,17-14+,23-20-,32-28-,36-33-. The van der Waals surface area contributed by atoms with Crippen molar-refractivity contribution in [2.45, 2.75) is 264 Å². The predicted molar refractivity (Wildman–Crippen MR) is 259 cm³/mol. The summed E-state index contributed by atoms with van der Waals surface area (Å²) in [7, 11) is 0. The van der Waals surface area contributed by atoms with Gasteiger partial charge in [0.1, 0.15) is 6.10 Å². The molecular formula is C54H97NO5. The lowest BCUT2D eigenvalue weighted by molar-refractivity contribution is -0.151. The van der Waals surface area contributed by atoms with E-state index >= 15 is 0 Å². The lowest BCUT2D eigenvalue weighted by Crippen LogP contribution is -2.46. The van der Waals surface area contributed by atoms with E-state index in [1.54, 1.807) is 0 Å². The van der Waals surface area contributed by atoms with Gasteiger partial charge in [0, 0.05) is 6.42 Å². The Hall–Kier alpha value is -2.44. The summed E-state index contributed by atoms with van der Waals surface area (Å²) in [5.74, 6) is -0.549. The molecule has 0 aliphatic carbocycles. The van der Waals surface area contributed by atoms with Crippen molar-refractivity contribution in [1.82, 2.24) is 5.32 Å². The molecule has 0 radical (unpaired) electrons. The molecule has 0 aromatic heterocycles. The number of rotatable bonds is 45. The Morgan fingerprint density at radius 2 is 0.933 bits per heavy atom. The van der Waals surface area contributed by atoms with Gasteiger partial charge in [-0.25, -0.2) is 0 Å². The Labute approximate surface area is 371 Å². The van der Waals surface area contributed by atoms with Crippen LogP contribution in [0.4, 0.5) is 0 Å². The summed E-state index contributed by atoms with van der Waals surface area (Å²) in [5, 5.41) is 23.8. The summed E-state index contributed by atoms with van der Waals surface area (Å²) in [6.07, 6.45) is 58.6. The number of aliphatic hydroxyl groups excluding tert-OH is 2. The van der Waals surface area contributed by atoms with Gasteiger partial charge in [0.05, 0.1) is 25.2 Å². The van der Waals surface area contributed by atoms with E-state index in [0.29, 0.717) is 19.3 Å². The van der Waals surface area contributed by atoms with Crippen LogP contribution in [0, 0.1) is 0 Å². The largest absolute Gasteiger partial charge is 0.462 e. The van der Waals surface area contributed by atoms with Crippen LogP contribution >= 0.6 is 0 Å². The van der Waals surface area contributed by atoms with E-state index in [-0.39, 0.29) is 24.9 Å². The number of hydrogen-bond donors (Lipinski definition) is 3. The smallest absolute Gasteiger partial charge is 0.306 e. The summed E-state index contributed by atoms with van der Waals surface area (Å²) in [6.45, 7) is 6.32. The van der Waals surface area contributed by atoms with Gasteiger partial charge in [-0.05, 0) is 64.2 Å². The Morgan fingerprint density at radius 3 is 1.45 bits per heavy atom. The molecule has 0 fully saturated rings. The number of carbonyl (C=O) groups is 2. The maximum atomic E-state index is 13.2. The highest BCUT2D eigenvalue weighted by Gasteiger charge is 2.24. The highest BCUT2D eigenvalue weighted by Crippen LogP contribution is 2.17. The van der Waals surface area contributed by atoms with Crippen LogP contribution in [0.15, 0.2) is 60.8 Å². The molecule has 0 heterocycles. The van der Waals surface area contributed by atoms with E-state index in [1.165, 1.54) is 128 Å². The first kappa shape index (κ1) is 57.6. The van der Waals surface area contributed by atoms with Crippen LogP contribution in [0.3, 0.4) is 0 Å². The van der Waals surface area contributed by atoms with Crippen molar-refractivity contribution in [3.05, 3.63) is 60.8 Å². The number of unbranched alkanes of at least 4 members (excludes halogenated alkanes) is 26. The number of nitrogens with one attached hydrogen (secondary N) is 1. The molecule has 0 rings (SSSR count). The van der Waals surface area contributed by atoms with Crippen molar-refractivity contribution < 1.29 is 24.5 Å². The number of allylic oxidation sites excluding steroid dienone is 10. The van der Waals surface area contributed by atoms with E-state index in [9.17, 15) is 19.8 Å². The van der Waals surface area contributed by atoms with E-state index in [0.717, 1.165) is 70.6 Å². The minimum Gasteiger partial charge on any atom is -0.462 e. The van der Waals surface area contributed by atoms with Gasteiger partial charge in [0.25, 0.3) is 0 Å². The number of ether oxygens (including phenoxy) is 1. The Kier molecular flexibility index (Phi) is 45.7. The normalized spacial score (nSPS) is 13.8. The lowest BCUT2D eigenvalue weighted by Gasteiger charge is -2.24. The monoisotopic (exact) mass is 840 g/mol. The van der Waals surface area contributed by atoms with Crippen molar-refractivity contribution in [3.8, 4) is 0 Å². The molecule has 0 aliphatic heterocycles. The summed E-state index contributed by atoms with van der Waals surface area (Å²) >= 11 is 0. The van der Waals surface area contributed by atoms with Crippen LogP contribution in [0.5, 0.6) is 0 Å². The number of carbonyl (C=O) groups excluding carboxylic acids is 2. The van der Waals surface area contributed by atoms with Gasteiger partial charge in [-0.1, -0.05) is 229 Å². The van der Waals surface area contributed by atoms with Gasteiger partial charge in [-0.3, -0.25) is 9.59 Å². The number of esters is 1. The molecule has 0 aromatic carbocycles. The highest BCUT2D eigenvalue weighted by atomic mass is 16.5. The third-order valence-electron chi connectivity index (χ3n) is 11.4. The Morgan fingerprint density at radius 1 is 0.500 bits per heavy atom. The zero-order valence-electron chi connectivity index (χ0n) is 39.6. The third-order valence-corrected chi connectivity index (χ3v) is 11.4. The van der Waals surface area contributed by atoms with Crippen LogP contribution in [-0.2, 0) is 14.3 Å². The highest BCUT2D eigenvalue weighted by molar-refractivity contribution is 5.77. The molecule has 3 atom stereocenters. The third kappa shape index (κ3) is 42.3. The van der Waals surface area contributed by atoms with E-state index in [2.05, 4.69) is 56.5 Å². The molecule has 6 heteroatoms. The van der Waals surface area contributed by atoms with Crippen molar-refractivity contribution in [2.24, 2.45) is 0 Å². The zero-order chi connectivity index (χ0) is 43.8. The number of amides is 1. The lowest BCUT2D eigenvalue weighted by atomic mass is 10.0. The molecule has 1 amide bonds. The van der Waals surface area contributed by atoms with Crippen molar-refractivity contribution in [3.63, 3.8) is 0 Å². The fraction of sp³-hybridized carbons (Fsp3) is 0.778. The quantitative estimate of drug-likeness (QED) is 0.0246. The van der Waals surface area contributed by atoms with Gasteiger partial charge in [-0.2, -0.15) is 0 Å². The molecule has 0 aliphatic rings. The summed E-state index contributed by atoms with van der Waals surface area (Å²) in [6, 6.07) is -0.719. The number of hydrogen-bond acceptors (Lipinski definition) is 5. The molecular weight excluding hydrogens is 743 g/mol. The molecule has 0 spiro atoms. The second-order valence-corrected chi connectivity index (χ2v) is 17.3. The maximum Gasteiger partial charge on any atom is 0.306 e. The molecule has 0 bridgehead atoms. The van der Waals surface area contributed by atoms with Crippen molar-refractivity contribution >= 4 is 11.9 Å². The zero-order valence-corrected chi connectivity index (χ0v) is 39.6. The minimum absolute atomic E-state index is 0.0396. The second kappa shape index (κ2) is 47.6. The van der Waals surface area contributed by atoms with Crippen molar-refractivity contribution in [2.75, 3.05) is 6.61 Å². The van der Waals surface area contributed by atoms with Gasteiger partial charge < -0.3 is 20.3 Å². The minimum atomic E-state index is -0.802. The van der Waals surface area contributed by atoms with E-state index < -0.39 is 18.2 Å². The average Bonchev–Trinajstić information content (AvgIpc) is 3.24. The van der Waals surface area contributed by atoms with Crippen LogP contribution in [0.1, 0.15) is 245 Å². The van der Waals surface area contributed by atoms with Crippen LogP contribution in [0.2, 0.25) is 0 Å². The van der Waals surface area contributed by atoms with Gasteiger partial charge in [0.15, 0.2) is 0 Å². The van der Waals surface area contributed by atoms with Gasteiger partial charge in [-0.15, -0.1) is 0 Å². The molecule has 0 saturated heterocycles. The molecule has 6 nitrogen and oxygen atoms in total. The molecule has 60 heavy (non-hydrogen) atoms. The fourth-order valence-corrected chi connectivity index (χ4v) is 7.56. The van der Waals surface area contributed by atoms with Gasteiger partial charge in [0.2, 0.25) is 5.91 Å². The van der Waals surface area contributed by atoms with Crippen LogP contribution in [0.25, 0.3) is 0 Å². The van der Waals surface area contributed by atoms with Crippen LogP contribution < -0.4 is 5.32 Å². The molecule has 3 unspecified atom stereocenters. The molecule has 0 saturated carbocycles. The summed E-state index contributed by atoms with van der Waals surface area (Å²) in [5.41, 5.74) is 0. The van der Waals surface area contributed by atoms with Gasteiger partial charge >= 0.3 is 5.97 Å².